The monoisotopic (exact) mass is 346 g/mol. The summed E-state index contributed by atoms with van der Waals surface area (Å²) in [7, 11) is 0. The second-order valence-corrected chi connectivity index (χ2v) is 6.45. The lowest BCUT2D eigenvalue weighted by molar-refractivity contribution is 0.0624. The largest absolute Gasteiger partial charge is 0.492 e. The number of benzene rings is 1. The average Bonchev–Trinajstić information content (AvgIpc) is 3.11. The van der Waals surface area contributed by atoms with E-state index < -0.39 is 0 Å². The van der Waals surface area contributed by atoms with E-state index in [2.05, 4.69) is 14.5 Å². The summed E-state index contributed by atoms with van der Waals surface area (Å²) in [6.07, 6.45) is 0.744. The predicted octanol–water partition coefficient (Wildman–Crippen LogP) is 1.94. The summed E-state index contributed by atoms with van der Waals surface area (Å²) in [4.78, 5) is 17.5. The molecular formula is C17H22N4O2S. The number of hydrogen-bond donors (Lipinski definition) is 0. The molecule has 1 fully saturated rings. The van der Waals surface area contributed by atoms with E-state index in [-0.39, 0.29) is 5.91 Å². The zero-order chi connectivity index (χ0) is 16.8. The van der Waals surface area contributed by atoms with Gasteiger partial charge in [-0.2, -0.15) is 0 Å². The van der Waals surface area contributed by atoms with E-state index in [1.807, 2.05) is 42.2 Å². The molecule has 0 spiro atoms. The topological polar surface area (TPSA) is 58.6 Å². The molecule has 2 heterocycles. The minimum absolute atomic E-state index is 0.0713. The molecule has 0 bridgehead atoms. The van der Waals surface area contributed by atoms with Crippen LogP contribution < -0.4 is 4.74 Å². The lowest BCUT2D eigenvalue weighted by Gasteiger charge is -2.34. The second-order valence-electron chi connectivity index (χ2n) is 5.70. The molecule has 0 saturated carbocycles. The Hall–Kier alpha value is -1.99. The smallest absolute Gasteiger partial charge is 0.267 e. The van der Waals surface area contributed by atoms with E-state index in [1.165, 1.54) is 11.5 Å². The van der Waals surface area contributed by atoms with Gasteiger partial charge in [0.15, 0.2) is 0 Å². The van der Waals surface area contributed by atoms with Crippen LogP contribution in [0.2, 0.25) is 0 Å². The molecule has 1 aromatic carbocycles. The Labute approximate surface area is 146 Å². The van der Waals surface area contributed by atoms with Crippen molar-refractivity contribution in [3.8, 4) is 5.75 Å². The third-order valence-corrected chi connectivity index (χ3v) is 4.92. The summed E-state index contributed by atoms with van der Waals surface area (Å²) >= 11 is 1.20. The molecule has 1 aromatic heterocycles. The number of carbonyl (C=O) groups excluding carboxylic acids is 1. The van der Waals surface area contributed by atoms with Crippen LogP contribution in [0.1, 0.15) is 22.3 Å². The SMILES string of the molecule is CCc1nnsc1C(=O)N1CCN(CCOc2ccccc2)CC1. The van der Waals surface area contributed by atoms with E-state index in [9.17, 15) is 4.79 Å². The first-order valence-electron chi connectivity index (χ1n) is 8.28. The number of hydrogen-bond acceptors (Lipinski definition) is 6. The van der Waals surface area contributed by atoms with Gasteiger partial charge in [0.25, 0.3) is 5.91 Å². The zero-order valence-corrected chi connectivity index (χ0v) is 14.7. The Morgan fingerprint density at radius 3 is 2.67 bits per heavy atom. The second kappa shape index (κ2) is 8.21. The van der Waals surface area contributed by atoms with Crippen molar-refractivity contribution in [3.63, 3.8) is 0 Å². The van der Waals surface area contributed by atoms with Crippen molar-refractivity contribution in [2.24, 2.45) is 0 Å². The van der Waals surface area contributed by atoms with Crippen LogP contribution in [0.25, 0.3) is 0 Å². The fourth-order valence-corrected chi connectivity index (χ4v) is 3.45. The first kappa shape index (κ1) is 16.9. The molecule has 0 atom stereocenters. The third-order valence-electron chi connectivity index (χ3n) is 4.16. The zero-order valence-electron chi connectivity index (χ0n) is 13.9. The molecule has 7 heteroatoms. The minimum Gasteiger partial charge on any atom is -0.492 e. The van der Waals surface area contributed by atoms with Gasteiger partial charge in [-0.15, -0.1) is 5.10 Å². The fraction of sp³-hybridized carbons (Fsp3) is 0.471. The first-order valence-corrected chi connectivity index (χ1v) is 9.06. The van der Waals surface area contributed by atoms with Gasteiger partial charge in [-0.05, 0) is 30.1 Å². The molecule has 0 aliphatic carbocycles. The molecular weight excluding hydrogens is 324 g/mol. The minimum atomic E-state index is 0.0713. The summed E-state index contributed by atoms with van der Waals surface area (Å²) < 4.78 is 9.65. The van der Waals surface area contributed by atoms with Gasteiger partial charge in [0.2, 0.25) is 0 Å². The lowest BCUT2D eigenvalue weighted by Crippen LogP contribution is -2.49. The quantitative estimate of drug-likeness (QED) is 0.800. The van der Waals surface area contributed by atoms with E-state index in [0.717, 1.165) is 50.6 Å². The molecule has 1 aliphatic heterocycles. The van der Waals surface area contributed by atoms with Crippen molar-refractivity contribution in [3.05, 3.63) is 40.9 Å². The summed E-state index contributed by atoms with van der Waals surface area (Å²) in [5.74, 6) is 0.970. The lowest BCUT2D eigenvalue weighted by atomic mass is 10.2. The highest BCUT2D eigenvalue weighted by atomic mass is 32.1. The van der Waals surface area contributed by atoms with Crippen LogP contribution >= 0.6 is 11.5 Å². The van der Waals surface area contributed by atoms with E-state index in [0.29, 0.717) is 11.5 Å². The van der Waals surface area contributed by atoms with Gasteiger partial charge in [0.05, 0.1) is 5.69 Å². The highest BCUT2D eigenvalue weighted by molar-refractivity contribution is 7.08. The van der Waals surface area contributed by atoms with Gasteiger partial charge in [-0.25, -0.2) is 0 Å². The van der Waals surface area contributed by atoms with Crippen molar-refractivity contribution < 1.29 is 9.53 Å². The summed E-state index contributed by atoms with van der Waals surface area (Å²) in [5.41, 5.74) is 0.809. The van der Waals surface area contributed by atoms with Crippen LogP contribution in [-0.2, 0) is 6.42 Å². The fourth-order valence-electron chi connectivity index (χ4n) is 2.73. The number of amides is 1. The van der Waals surface area contributed by atoms with Crippen molar-refractivity contribution in [2.45, 2.75) is 13.3 Å². The number of carbonyl (C=O) groups is 1. The highest BCUT2D eigenvalue weighted by Gasteiger charge is 2.25. The van der Waals surface area contributed by atoms with Crippen LogP contribution in [0, 0.1) is 0 Å². The number of ether oxygens (including phenoxy) is 1. The van der Waals surface area contributed by atoms with Gasteiger partial charge < -0.3 is 9.64 Å². The summed E-state index contributed by atoms with van der Waals surface area (Å²) in [6.45, 7) is 6.76. The molecule has 0 N–H and O–H groups in total. The van der Waals surface area contributed by atoms with Crippen LogP contribution in [0.15, 0.2) is 30.3 Å². The number of piperazine rings is 1. The van der Waals surface area contributed by atoms with Gasteiger partial charge in [0, 0.05) is 32.7 Å². The molecule has 128 valence electrons. The Morgan fingerprint density at radius 1 is 1.21 bits per heavy atom. The maximum Gasteiger partial charge on any atom is 0.267 e. The number of nitrogens with zero attached hydrogens (tertiary/aromatic N) is 4. The molecule has 1 saturated heterocycles. The first-order chi connectivity index (χ1) is 11.8. The van der Waals surface area contributed by atoms with Gasteiger partial charge in [-0.3, -0.25) is 9.69 Å². The molecule has 1 amide bonds. The molecule has 24 heavy (non-hydrogen) atoms. The molecule has 0 radical (unpaired) electrons. The van der Waals surface area contributed by atoms with E-state index in [1.54, 1.807) is 0 Å². The van der Waals surface area contributed by atoms with Crippen LogP contribution in [0.3, 0.4) is 0 Å². The predicted molar refractivity (Wildman–Crippen MR) is 93.6 cm³/mol. The van der Waals surface area contributed by atoms with Crippen LogP contribution in [-0.4, -0.2) is 64.6 Å². The van der Waals surface area contributed by atoms with Crippen LogP contribution in [0.5, 0.6) is 5.75 Å². The van der Waals surface area contributed by atoms with Crippen molar-refractivity contribution in [2.75, 3.05) is 39.3 Å². The standard InChI is InChI=1S/C17H22N4O2S/c1-2-15-16(24-19-18-15)17(22)21-10-8-20(9-11-21)12-13-23-14-6-4-3-5-7-14/h3-7H,2,8-13H2,1H3. The molecule has 2 aromatic rings. The molecule has 1 aliphatic rings. The van der Waals surface area contributed by atoms with Gasteiger partial charge in [0.1, 0.15) is 17.2 Å². The maximum absolute atomic E-state index is 12.6. The molecule has 3 rings (SSSR count). The van der Waals surface area contributed by atoms with Crippen molar-refractivity contribution in [1.29, 1.82) is 0 Å². The van der Waals surface area contributed by atoms with Gasteiger partial charge >= 0.3 is 0 Å². The van der Waals surface area contributed by atoms with Crippen LogP contribution in [0.4, 0.5) is 0 Å². The number of aryl methyl sites for hydroxylation is 1. The highest BCUT2D eigenvalue weighted by Crippen LogP contribution is 2.16. The number of para-hydroxylation sites is 1. The van der Waals surface area contributed by atoms with E-state index >= 15 is 0 Å². The Kier molecular flexibility index (Phi) is 5.77. The molecule has 0 unspecified atom stereocenters. The number of rotatable bonds is 6. The van der Waals surface area contributed by atoms with E-state index in [4.69, 9.17) is 4.74 Å². The maximum atomic E-state index is 12.6. The molecule has 6 nitrogen and oxygen atoms in total. The third kappa shape index (κ3) is 4.10. The van der Waals surface area contributed by atoms with Gasteiger partial charge in [-0.1, -0.05) is 29.6 Å². The van der Waals surface area contributed by atoms with Crippen molar-refractivity contribution in [1.82, 2.24) is 19.4 Å². The Balaban J connectivity index is 1.43. The summed E-state index contributed by atoms with van der Waals surface area (Å²) in [6, 6.07) is 9.85. The van der Waals surface area contributed by atoms with Crippen molar-refractivity contribution >= 4 is 17.4 Å². The average molecular weight is 346 g/mol. The normalized spacial score (nSPS) is 15.5. The Bertz CT molecular complexity index is 654. The summed E-state index contributed by atoms with van der Waals surface area (Å²) in [5, 5.41) is 4.03. The number of aromatic nitrogens is 2. The Morgan fingerprint density at radius 2 is 1.96 bits per heavy atom.